The van der Waals surface area contributed by atoms with Crippen molar-refractivity contribution in [1.29, 1.82) is 0 Å². The van der Waals surface area contributed by atoms with Gasteiger partial charge in [0.15, 0.2) is 0 Å². The summed E-state index contributed by atoms with van der Waals surface area (Å²) in [7, 11) is -1.89. The molecule has 0 bridgehead atoms. The third kappa shape index (κ3) is 4.23. The van der Waals surface area contributed by atoms with Gasteiger partial charge in [0.25, 0.3) is 5.91 Å². The first-order chi connectivity index (χ1) is 14.8. The van der Waals surface area contributed by atoms with Gasteiger partial charge in [-0.25, -0.2) is 18.4 Å². The Bertz CT molecular complexity index is 1070. The molecule has 9 nitrogen and oxygen atoms in total. The summed E-state index contributed by atoms with van der Waals surface area (Å²) in [6.45, 7) is 5.95. The predicted octanol–water partition coefficient (Wildman–Crippen LogP) is 2.02. The summed E-state index contributed by atoms with van der Waals surface area (Å²) in [5.41, 5.74) is 1.82. The molecule has 2 aliphatic rings. The van der Waals surface area contributed by atoms with Crippen LogP contribution < -0.4 is 0 Å². The SMILES string of the molecule is Cc1nc([C@H]2CCCN(S(=O)(=O)c3cnn(C)c3C)C2)ncc1C(=O)N1CCCCC1. The van der Waals surface area contributed by atoms with Crippen molar-refractivity contribution in [3.8, 4) is 0 Å². The van der Waals surface area contributed by atoms with E-state index < -0.39 is 10.0 Å². The molecular formula is C21H30N6O3S. The highest BCUT2D eigenvalue weighted by atomic mass is 32.2. The van der Waals surface area contributed by atoms with Crippen molar-refractivity contribution in [2.45, 2.75) is 56.8 Å². The van der Waals surface area contributed by atoms with E-state index in [2.05, 4.69) is 15.1 Å². The first kappa shape index (κ1) is 21.9. The molecule has 0 radical (unpaired) electrons. The van der Waals surface area contributed by atoms with E-state index in [0.717, 1.165) is 45.2 Å². The zero-order chi connectivity index (χ0) is 22.2. The number of carbonyl (C=O) groups excluding carboxylic acids is 1. The Balaban J connectivity index is 1.52. The van der Waals surface area contributed by atoms with Crippen molar-refractivity contribution < 1.29 is 13.2 Å². The van der Waals surface area contributed by atoms with Gasteiger partial charge in [0.2, 0.25) is 10.0 Å². The van der Waals surface area contributed by atoms with E-state index in [1.165, 1.54) is 10.5 Å². The van der Waals surface area contributed by atoms with Crippen LogP contribution in [0.2, 0.25) is 0 Å². The normalized spacial score (nSPS) is 20.7. The van der Waals surface area contributed by atoms with Gasteiger partial charge in [0.1, 0.15) is 10.7 Å². The molecule has 0 spiro atoms. The van der Waals surface area contributed by atoms with Crippen molar-refractivity contribution >= 4 is 15.9 Å². The zero-order valence-corrected chi connectivity index (χ0v) is 19.2. The second-order valence-corrected chi connectivity index (χ2v) is 10.4. The molecule has 2 aromatic rings. The van der Waals surface area contributed by atoms with Crippen LogP contribution in [-0.2, 0) is 17.1 Å². The number of sulfonamides is 1. The Morgan fingerprint density at radius 2 is 1.81 bits per heavy atom. The fourth-order valence-corrected chi connectivity index (χ4v) is 6.11. The summed E-state index contributed by atoms with van der Waals surface area (Å²) in [5.74, 6) is 0.498. The van der Waals surface area contributed by atoms with Crippen molar-refractivity contribution in [2.75, 3.05) is 26.2 Å². The molecule has 0 aromatic carbocycles. The number of piperidine rings is 2. The highest BCUT2D eigenvalue weighted by molar-refractivity contribution is 7.89. The number of aromatic nitrogens is 4. The molecule has 0 N–H and O–H groups in total. The molecule has 2 aliphatic heterocycles. The minimum atomic E-state index is -3.63. The van der Waals surface area contributed by atoms with E-state index in [9.17, 15) is 13.2 Å². The summed E-state index contributed by atoms with van der Waals surface area (Å²) >= 11 is 0. The lowest BCUT2D eigenvalue weighted by Crippen LogP contribution is -2.40. The molecule has 168 valence electrons. The van der Waals surface area contributed by atoms with Gasteiger partial charge >= 0.3 is 0 Å². The first-order valence-electron chi connectivity index (χ1n) is 10.9. The van der Waals surface area contributed by atoms with Crippen LogP contribution in [0, 0.1) is 13.8 Å². The lowest BCUT2D eigenvalue weighted by molar-refractivity contribution is 0.0722. The second-order valence-electron chi connectivity index (χ2n) is 8.50. The highest BCUT2D eigenvalue weighted by Crippen LogP contribution is 2.30. The number of nitrogens with zero attached hydrogens (tertiary/aromatic N) is 6. The maximum Gasteiger partial charge on any atom is 0.257 e. The van der Waals surface area contributed by atoms with Gasteiger partial charge in [0, 0.05) is 45.3 Å². The van der Waals surface area contributed by atoms with Crippen molar-refractivity contribution in [2.24, 2.45) is 7.05 Å². The van der Waals surface area contributed by atoms with E-state index in [0.29, 0.717) is 35.9 Å². The van der Waals surface area contributed by atoms with Crippen molar-refractivity contribution in [1.82, 2.24) is 29.0 Å². The lowest BCUT2D eigenvalue weighted by Gasteiger charge is -2.31. The average molecular weight is 447 g/mol. The average Bonchev–Trinajstić information content (AvgIpc) is 3.13. The molecule has 10 heteroatoms. The molecule has 0 aliphatic carbocycles. The second kappa shape index (κ2) is 8.66. The Kier molecular flexibility index (Phi) is 6.11. The number of rotatable bonds is 4. The minimum absolute atomic E-state index is 0.0105. The molecule has 4 rings (SSSR count). The summed E-state index contributed by atoms with van der Waals surface area (Å²) in [6.07, 6.45) is 7.82. The van der Waals surface area contributed by atoms with Gasteiger partial charge in [-0.1, -0.05) is 0 Å². The molecule has 4 heterocycles. The Hall–Kier alpha value is -2.33. The van der Waals surface area contributed by atoms with Crippen LogP contribution in [0.15, 0.2) is 17.3 Å². The third-order valence-corrected chi connectivity index (χ3v) is 8.40. The van der Waals surface area contributed by atoms with E-state index in [-0.39, 0.29) is 16.7 Å². The van der Waals surface area contributed by atoms with Crippen LogP contribution in [0.4, 0.5) is 0 Å². The third-order valence-electron chi connectivity index (χ3n) is 6.43. The van der Waals surface area contributed by atoms with Crippen LogP contribution in [0.5, 0.6) is 0 Å². The molecule has 2 aromatic heterocycles. The van der Waals surface area contributed by atoms with Crippen LogP contribution in [0.25, 0.3) is 0 Å². The molecule has 1 amide bonds. The number of likely N-dealkylation sites (tertiary alicyclic amines) is 1. The summed E-state index contributed by atoms with van der Waals surface area (Å²) < 4.78 is 29.4. The van der Waals surface area contributed by atoms with E-state index >= 15 is 0 Å². The molecule has 2 saturated heterocycles. The van der Waals surface area contributed by atoms with Crippen LogP contribution in [0.1, 0.15) is 65.6 Å². The number of aryl methyl sites for hydroxylation is 2. The highest BCUT2D eigenvalue weighted by Gasteiger charge is 2.34. The fraction of sp³-hybridized carbons (Fsp3) is 0.619. The van der Waals surface area contributed by atoms with Crippen LogP contribution >= 0.6 is 0 Å². The fourth-order valence-electron chi connectivity index (χ4n) is 4.40. The number of amides is 1. The van der Waals surface area contributed by atoms with Crippen LogP contribution in [-0.4, -0.2) is 69.5 Å². The lowest BCUT2D eigenvalue weighted by atomic mass is 9.98. The molecule has 0 saturated carbocycles. The summed E-state index contributed by atoms with van der Waals surface area (Å²) in [6, 6.07) is 0. The quantitative estimate of drug-likeness (QED) is 0.712. The summed E-state index contributed by atoms with van der Waals surface area (Å²) in [5, 5.41) is 4.08. The Morgan fingerprint density at radius 1 is 1.06 bits per heavy atom. The number of hydrogen-bond donors (Lipinski definition) is 0. The maximum absolute atomic E-state index is 13.2. The van der Waals surface area contributed by atoms with Gasteiger partial charge in [-0.05, 0) is 46.0 Å². The zero-order valence-electron chi connectivity index (χ0n) is 18.4. The van der Waals surface area contributed by atoms with E-state index in [1.54, 1.807) is 24.9 Å². The smallest absolute Gasteiger partial charge is 0.257 e. The number of carbonyl (C=O) groups is 1. The van der Waals surface area contributed by atoms with E-state index in [4.69, 9.17) is 0 Å². The monoisotopic (exact) mass is 446 g/mol. The Labute approximate surface area is 183 Å². The summed E-state index contributed by atoms with van der Waals surface area (Å²) in [4.78, 5) is 24.1. The largest absolute Gasteiger partial charge is 0.339 e. The van der Waals surface area contributed by atoms with Gasteiger partial charge in [-0.2, -0.15) is 9.40 Å². The molecule has 31 heavy (non-hydrogen) atoms. The van der Waals surface area contributed by atoms with Gasteiger partial charge in [0.05, 0.1) is 23.1 Å². The first-order valence-corrected chi connectivity index (χ1v) is 12.3. The maximum atomic E-state index is 13.2. The molecule has 1 atom stereocenters. The van der Waals surface area contributed by atoms with Crippen molar-refractivity contribution in [3.63, 3.8) is 0 Å². The minimum Gasteiger partial charge on any atom is -0.339 e. The topological polar surface area (TPSA) is 101 Å². The van der Waals surface area contributed by atoms with Gasteiger partial charge in [-0.15, -0.1) is 0 Å². The van der Waals surface area contributed by atoms with E-state index in [1.807, 2.05) is 11.8 Å². The van der Waals surface area contributed by atoms with Gasteiger partial charge < -0.3 is 4.90 Å². The van der Waals surface area contributed by atoms with Crippen LogP contribution in [0.3, 0.4) is 0 Å². The number of hydrogen-bond acceptors (Lipinski definition) is 6. The van der Waals surface area contributed by atoms with Crippen molar-refractivity contribution in [3.05, 3.63) is 35.2 Å². The Morgan fingerprint density at radius 3 is 2.45 bits per heavy atom. The molecular weight excluding hydrogens is 416 g/mol. The van der Waals surface area contributed by atoms with Gasteiger partial charge in [-0.3, -0.25) is 9.48 Å². The molecule has 2 fully saturated rings. The predicted molar refractivity (Wildman–Crippen MR) is 115 cm³/mol. The molecule has 0 unspecified atom stereocenters. The standard InChI is InChI=1S/C21H30N6O3S/c1-15-18(21(28)26-9-5-4-6-10-26)12-22-20(24-15)17-8-7-11-27(14-17)31(29,30)19-13-23-25(3)16(19)2/h12-13,17H,4-11,14H2,1-3H3/t17-/m0/s1.